The predicted octanol–water partition coefficient (Wildman–Crippen LogP) is 2.54. The Morgan fingerprint density at radius 1 is 1.18 bits per heavy atom. The highest BCUT2D eigenvalue weighted by atomic mass is 16.7. The van der Waals surface area contributed by atoms with Crippen LogP contribution in [0.5, 0.6) is 0 Å². The van der Waals surface area contributed by atoms with E-state index >= 15 is 0 Å². The van der Waals surface area contributed by atoms with Gasteiger partial charge >= 0.3 is 7.12 Å². The summed E-state index contributed by atoms with van der Waals surface area (Å²) in [6.45, 7) is 10.2. The van der Waals surface area contributed by atoms with Crippen LogP contribution in [0.3, 0.4) is 0 Å². The molecule has 3 nitrogen and oxygen atoms in total. The quantitative estimate of drug-likeness (QED) is 0.656. The summed E-state index contributed by atoms with van der Waals surface area (Å²) in [5.41, 5.74) is 0.331. The lowest BCUT2D eigenvalue weighted by molar-refractivity contribution is -0.115. The first kappa shape index (κ1) is 12.8. The molecule has 17 heavy (non-hydrogen) atoms. The summed E-state index contributed by atoms with van der Waals surface area (Å²) in [5, 5.41) is 0. The second-order valence-electron chi connectivity index (χ2n) is 6.29. The van der Waals surface area contributed by atoms with Gasteiger partial charge in [0, 0.05) is 6.42 Å². The van der Waals surface area contributed by atoms with Crippen molar-refractivity contribution in [3.63, 3.8) is 0 Å². The Bertz CT molecular complexity index is 355. The average Bonchev–Trinajstić information content (AvgIpc) is 2.34. The first-order valence-corrected chi connectivity index (χ1v) is 6.30. The van der Waals surface area contributed by atoms with E-state index in [0.717, 1.165) is 11.9 Å². The molecule has 0 aromatic rings. The average molecular weight is 236 g/mol. The Labute approximate surface area is 104 Å². The minimum Gasteiger partial charge on any atom is -0.400 e. The summed E-state index contributed by atoms with van der Waals surface area (Å²) in [4.78, 5) is 11.6. The van der Waals surface area contributed by atoms with Crippen LogP contribution in [0.1, 0.15) is 47.5 Å². The Morgan fingerprint density at radius 3 is 2.18 bits per heavy atom. The summed E-state index contributed by atoms with van der Waals surface area (Å²) < 4.78 is 11.9. The minimum absolute atomic E-state index is 0.188. The molecule has 0 radical (unpaired) electrons. The van der Waals surface area contributed by atoms with Crippen molar-refractivity contribution < 1.29 is 14.1 Å². The van der Waals surface area contributed by atoms with Crippen molar-refractivity contribution in [2.75, 3.05) is 0 Å². The summed E-state index contributed by atoms with van der Waals surface area (Å²) in [6, 6.07) is 0. The molecule has 0 unspecified atom stereocenters. The van der Waals surface area contributed by atoms with Crippen LogP contribution in [0.15, 0.2) is 11.5 Å². The zero-order valence-electron chi connectivity index (χ0n) is 11.4. The van der Waals surface area contributed by atoms with Gasteiger partial charge in [-0.1, -0.05) is 6.92 Å². The highest BCUT2D eigenvalue weighted by Gasteiger charge is 2.52. The van der Waals surface area contributed by atoms with Crippen molar-refractivity contribution in [2.24, 2.45) is 5.92 Å². The molecule has 0 spiro atoms. The summed E-state index contributed by atoms with van der Waals surface area (Å²) in [7, 11) is -0.355. The fourth-order valence-electron chi connectivity index (χ4n) is 2.30. The topological polar surface area (TPSA) is 35.5 Å². The molecule has 4 heteroatoms. The minimum atomic E-state index is -0.355. The highest BCUT2D eigenvalue weighted by molar-refractivity contribution is 6.55. The Kier molecular flexibility index (Phi) is 2.99. The largest absolute Gasteiger partial charge is 0.490 e. The SMILES string of the molecule is C[C@H]1CC(=O)C=C(B2OC(C)(C)C(C)(C)O2)C1. The van der Waals surface area contributed by atoms with Gasteiger partial charge in [-0.15, -0.1) is 0 Å². The number of carbonyl (C=O) groups is 1. The molecule has 1 atom stereocenters. The summed E-state index contributed by atoms with van der Waals surface area (Å²) in [5.74, 6) is 0.579. The zero-order valence-corrected chi connectivity index (χ0v) is 11.4. The normalized spacial score (nSPS) is 31.6. The monoisotopic (exact) mass is 236 g/mol. The van der Waals surface area contributed by atoms with Crippen molar-refractivity contribution in [1.82, 2.24) is 0 Å². The summed E-state index contributed by atoms with van der Waals surface area (Å²) >= 11 is 0. The van der Waals surface area contributed by atoms with Crippen LogP contribution in [0.25, 0.3) is 0 Å². The molecule has 94 valence electrons. The van der Waals surface area contributed by atoms with E-state index in [1.165, 1.54) is 0 Å². The van der Waals surface area contributed by atoms with E-state index in [4.69, 9.17) is 9.31 Å². The van der Waals surface area contributed by atoms with Gasteiger partial charge in [0.25, 0.3) is 0 Å². The van der Waals surface area contributed by atoms with E-state index < -0.39 is 0 Å². The lowest BCUT2D eigenvalue weighted by atomic mass is 9.70. The van der Waals surface area contributed by atoms with Gasteiger partial charge in [0.1, 0.15) is 0 Å². The molecule has 2 rings (SSSR count). The lowest BCUT2D eigenvalue weighted by Crippen LogP contribution is -2.41. The molecule has 0 N–H and O–H groups in total. The number of hydrogen-bond donors (Lipinski definition) is 0. The zero-order chi connectivity index (χ0) is 12.8. The molecule has 1 aliphatic carbocycles. The lowest BCUT2D eigenvalue weighted by Gasteiger charge is -2.32. The molecule has 0 amide bonds. The molecule has 2 aliphatic rings. The maximum Gasteiger partial charge on any atom is 0.490 e. The van der Waals surface area contributed by atoms with Gasteiger partial charge in [-0.05, 0) is 51.6 Å². The molecular weight excluding hydrogens is 215 g/mol. The summed E-state index contributed by atoms with van der Waals surface area (Å²) in [6.07, 6.45) is 3.24. The van der Waals surface area contributed by atoms with Crippen molar-refractivity contribution in [3.05, 3.63) is 11.5 Å². The fraction of sp³-hybridized carbons (Fsp3) is 0.769. The second-order valence-corrected chi connectivity index (χ2v) is 6.29. The molecule has 1 saturated heterocycles. The van der Waals surface area contributed by atoms with Gasteiger partial charge in [0.15, 0.2) is 5.78 Å². The van der Waals surface area contributed by atoms with Crippen LogP contribution in [0.2, 0.25) is 0 Å². The van der Waals surface area contributed by atoms with Crippen LogP contribution in [0.4, 0.5) is 0 Å². The van der Waals surface area contributed by atoms with Crippen LogP contribution in [0, 0.1) is 5.92 Å². The molecule has 1 aliphatic heterocycles. The highest BCUT2D eigenvalue weighted by Crippen LogP contribution is 2.40. The van der Waals surface area contributed by atoms with Crippen LogP contribution < -0.4 is 0 Å². The van der Waals surface area contributed by atoms with E-state index in [1.54, 1.807) is 6.08 Å². The number of rotatable bonds is 1. The molecule has 0 saturated carbocycles. The van der Waals surface area contributed by atoms with Gasteiger partial charge in [-0.2, -0.15) is 0 Å². The van der Waals surface area contributed by atoms with Gasteiger partial charge in [-0.3, -0.25) is 4.79 Å². The maximum atomic E-state index is 11.6. The van der Waals surface area contributed by atoms with Gasteiger partial charge in [0.2, 0.25) is 0 Å². The molecule has 0 bridgehead atoms. The first-order valence-electron chi connectivity index (χ1n) is 6.30. The van der Waals surface area contributed by atoms with E-state index in [-0.39, 0.29) is 24.1 Å². The first-order chi connectivity index (χ1) is 7.71. The van der Waals surface area contributed by atoms with Crippen LogP contribution >= 0.6 is 0 Å². The molecule has 0 aromatic carbocycles. The maximum absolute atomic E-state index is 11.6. The second kappa shape index (κ2) is 3.96. The third-order valence-corrected chi connectivity index (χ3v) is 4.04. The molecular formula is C13H21BO3. The Morgan fingerprint density at radius 2 is 1.71 bits per heavy atom. The smallest absolute Gasteiger partial charge is 0.400 e. The van der Waals surface area contributed by atoms with E-state index in [0.29, 0.717) is 12.3 Å². The number of carbonyl (C=O) groups excluding carboxylic acids is 1. The van der Waals surface area contributed by atoms with Crippen molar-refractivity contribution in [1.29, 1.82) is 0 Å². The number of ketones is 1. The predicted molar refractivity (Wildman–Crippen MR) is 67.6 cm³/mol. The molecule has 1 heterocycles. The van der Waals surface area contributed by atoms with Gasteiger partial charge in [-0.25, -0.2) is 0 Å². The third-order valence-electron chi connectivity index (χ3n) is 4.04. The van der Waals surface area contributed by atoms with Crippen molar-refractivity contribution >= 4 is 12.9 Å². The van der Waals surface area contributed by atoms with Crippen molar-refractivity contribution in [2.45, 2.75) is 58.7 Å². The van der Waals surface area contributed by atoms with E-state index in [1.807, 2.05) is 27.7 Å². The van der Waals surface area contributed by atoms with Crippen LogP contribution in [-0.4, -0.2) is 24.1 Å². The standard InChI is InChI=1S/C13H21BO3/c1-9-6-10(8-11(15)7-9)14-16-12(2,3)13(4,5)17-14/h8-9H,6-7H2,1-5H3/t9-/m1/s1. The Hall–Kier alpha value is -0.605. The Balaban J connectivity index is 2.19. The van der Waals surface area contributed by atoms with Crippen LogP contribution in [-0.2, 0) is 14.1 Å². The van der Waals surface area contributed by atoms with Gasteiger partial charge in [0.05, 0.1) is 11.2 Å². The number of hydrogen-bond acceptors (Lipinski definition) is 3. The van der Waals surface area contributed by atoms with E-state index in [9.17, 15) is 4.79 Å². The van der Waals surface area contributed by atoms with E-state index in [2.05, 4.69) is 6.92 Å². The molecule has 1 fully saturated rings. The third kappa shape index (κ3) is 2.33. The molecule has 0 aromatic heterocycles. The fourth-order valence-corrected chi connectivity index (χ4v) is 2.30. The van der Waals surface area contributed by atoms with Gasteiger partial charge < -0.3 is 9.31 Å². The van der Waals surface area contributed by atoms with Crippen molar-refractivity contribution in [3.8, 4) is 0 Å². The number of allylic oxidation sites excluding steroid dienone is 2.